The molecule has 3 aromatic rings. The first-order chi connectivity index (χ1) is 14.7. The molecule has 0 fully saturated rings. The van der Waals surface area contributed by atoms with E-state index in [0.717, 1.165) is 6.07 Å². The Bertz CT molecular complexity index is 1030. The van der Waals surface area contributed by atoms with Gasteiger partial charge in [-0.3, -0.25) is 4.79 Å². The fourth-order valence-electron chi connectivity index (χ4n) is 2.88. The first-order valence-electron chi connectivity index (χ1n) is 9.40. The minimum absolute atomic E-state index is 0.0607. The van der Waals surface area contributed by atoms with E-state index in [1.165, 1.54) is 46.6 Å². The Kier molecular flexibility index (Phi) is 7.23. The average Bonchev–Trinajstić information content (AvgIpc) is 3.27. The van der Waals surface area contributed by atoms with Gasteiger partial charge in [-0.25, -0.2) is 18.7 Å². The Morgan fingerprint density at radius 1 is 1.26 bits per heavy atom. The quantitative estimate of drug-likeness (QED) is 0.475. The molecule has 0 spiro atoms. The molecule has 3 atom stereocenters. The molecule has 0 saturated heterocycles. The summed E-state index contributed by atoms with van der Waals surface area (Å²) in [6.07, 6.45) is 5.59. The largest absolute Gasteiger partial charge is 0.461 e. The van der Waals surface area contributed by atoms with Crippen molar-refractivity contribution < 1.29 is 18.3 Å². The molecular formula is C19H22F2N6O2P2. The van der Waals surface area contributed by atoms with E-state index in [4.69, 9.17) is 4.74 Å². The minimum atomic E-state index is -1.72. The van der Waals surface area contributed by atoms with Gasteiger partial charge in [-0.05, 0) is 32.0 Å². The van der Waals surface area contributed by atoms with E-state index in [0.29, 0.717) is 12.2 Å². The number of hydrogen-bond acceptors (Lipinski definition) is 6. The molecule has 164 valence electrons. The lowest BCUT2D eigenvalue weighted by Crippen LogP contribution is -2.42. The Morgan fingerprint density at radius 3 is 2.48 bits per heavy atom. The predicted molar refractivity (Wildman–Crippen MR) is 117 cm³/mol. The number of benzene rings is 1. The second-order valence-corrected chi connectivity index (χ2v) is 9.10. The van der Waals surface area contributed by atoms with Gasteiger partial charge in [-0.1, -0.05) is 18.5 Å². The van der Waals surface area contributed by atoms with Gasteiger partial charge in [0, 0.05) is 24.5 Å². The summed E-state index contributed by atoms with van der Waals surface area (Å²) in [5, 5.41) is 6.34. The second kappa shape index (κ2) is 9.71. The SMILES string of the molecule is CCN(C(=O)c1cc(F)ccc1-n1nccn1)[C@@H](C)COc1ncc(C(F)(P)P)cn1. The monoisotopic (exact) mass is 466 g/mol. The van der Waals surface area contributed by atoms with Gasteiger partial charge >= 0.3 is 6.01 Å². The summed E-state index contributed by atoms with van der Waals surface area (Å²) >= 11 is 0. The minimum Gasteiger partial charge on any atom is -0.461 e. The van der Waals surface area contributed by atoms with Crippen molar-refractivity contribution in [2.45, 2.75) is 25.0 Å². The maximum Gasteiger partial charge on any atom is 0.316 e. The van der Waals surface area contributed by atoms with Crippen molar-refractivity contribution in [3.05, 3.63) is 59.9 Å². The Hall–Kier alpha value is -2.57. The molecule has 0 aliphatic heterocycles. The fourth-order valence-corrected chi connectivity index (χ4v) is 3.18. The van der Waals surface area contributed by atoms with Crippen molar-refractivity contribution in [1.82, 2.24) is 29.9 Å². The van der Waals surface area contributed by atoms with Crippen molar-refractivity contribution in [2.75, 3.05) is 13.2 Å². The lowest BCUT2D eigenvalue weighted by atomic mass is 10.1. The third-order valence-corrected chi connectivity index (χ3v) is 5.15. The van der Waals surface area contributed by atoms with E-state index in [-0.39, 0.29) is 29.8 Å². The van der Waals surface area contributed by atoms with Crippen LogP contribution in [0.4, 0.5) is 8.78 Å². The van der Waals surface area contributed by atoms with Crippen molar-refractivity contribution in [3.63, 3.8) is 0 Å². The van der Waals surface area contributed by atoms with Crippen LogP contribution in [0, 0.1) is 5.82 Å². The number of amides is 1. The summed E-state index contributed by atoms with van der Waals surface area (Å²) in [7, 11) is 4.07. The molecule has 8 nitrogen and oxygen atoms in total. The number of ether oxygens (including phenoxy) is 1. The van der Waals surface area contributed by atoms with Gasteiger partial charge in [0.15, 0.2) is 5.15 Å². The molecule has 0 aliphatic carbocycles. The average molecular weight is 466 g/mol. The molecule has 0 radical (unpaired) electrons. The Labute approximate surface area is 182 Å². The van der Waals surface area contributed by atoms with Crippen LogP contribution in [0.5, 0.6) is 6.01 Å². The zero-order chi connectivity index (χ0) is 22.6. The van der Waals surface area contributed by atoms with Gasteiger partial charge in [0.25, 0.3) is 5.91 Å². The molecule has 0 saturated carbocycles. The van der Waals surface area contributed by atoms with Gasteiger partial charge < -0.3 is 9.64 Å². The van der Waals surface area contributed by atoms with E-state index >= 15 is 0 Å². The van der Waals surface area contributed by atoms with Crippen LogP contribution >= 0.6 is 18.5 Å². The van der Waals surface area contributed by atoms with E-state index in [2.05, 4.69) is 20.2 Å². The summed E-state index contributed by atoms with van der Waals surface area (Å²) < 4.78 is 33.3. The summed E-state index contributed by atoms with van der Waals surface area (Å²) in [6.45, 7) is 4.05. The molecule has 1 amide bonds. The van der Waals surface area contributed by atoms with E-state index in [9.17, 15) is 13.6 Å². The molecule has 31 heavy (non-hydrogen) atoms. The first-order valence-corrected chi connectivity index (χ1v) is 10.6. The number of likely N-dealkylation sites (N-methyl/N-ethyl adjacent to an activating group) is 1. The molecule has 3 rings (SSSR count). The summed E-state index contributed by atoms with van der Waals surface area (Å²) in [4.78, 5) is 24.0. The number of aromatic nitrogens is 5. The third-order valence-electron chi connectivity index (χ3n) is 4.48. The highest BCUT2D eigenvalue weighted by Crippen LogP contribution is 2.39. The maximum absolute atomic E-state index is 13.9. The zero-order valence-electron chi connectivity index (χ0n) is 16.9. The lowest BCUT2D eigenvalue weighted by Gasteiger charge is -2.28. The van der Waals surface area contributed by atoms with Gasteiger partial charge in [-0.15, -0.1) is 0 Å². The van der Waals surface area contributed by atoms with Gasteiger partial charge in [-0.2, -0.15) is 15.0 Å². The highest BCUT2D eigenvalue weighted by Gasteiger charge is 2.25. The van der Waals surface area contributed by atoms with Crippen LogP contribution in [0.25, 0.3) is 5.69 Å². The normalized spacial score (nSPS) is 12.5. The second-order valence-electron chi connectivity index (χ2n) is 6.75. The highest BCUT2D eigenvalue weighted by molar-refractivity contribution is 7.38. The van der Waals surface area contributed by atoms with E-state index in [1.807, 2.05) is 25.4 Å². The number of hydrogen-bond donors (Lipinski definition) is 0. The van der Waals surface area contributed by atoms with Gasteiger partial charge in [0.05, 0.1) is 29.7 Å². The van der Waals surface area contributed by atoms with Crippen LogP contribution in [0.15, 0.2) is 43.0 Å². The fraction of sp³-hybridized carbons (Fsp3) is 0.316. The topological polar surface area (TPSA) is 86.0 Å². The molecule has 0 bridgehead atoms. The Balaban J connectivity index is 1.74. The molecule has 0 N–H and O–H groups in total. The van der Waals surface area contributed by atoms with Crippen LogP contribution < -0.4 is 4.74 Å². The molecule has 2 aromatic heterocycles. The number of rotatable bonds is 8. The van der Waals surface area contributed by atoms with E-state index in [1.54, 1.807) is 6.92 Å². The summed E-state index contributed by atoms with van der Waals surface area (Å²) in [5.41, 5.74) is 0.760. The Morgan fingerprint density at radius 2 is 1.90 bits per heavy atom. The lowest BCUT2D eigenvalue weighted by molar-refractivity contribution is 0.0642. The standard InChI is InChI=1S/C19H22F2N6O2P2/c1-3-26(12(2)11-29-18-22-9-13(10-23-18)19(21,30)31)17(28)15-8-14(20)4-5-16(15)27-24-6-7-25-27/h4-10,12H,3,11,30-31H2,1-2H3/t12-/m0/s1. The molecular weight excluding hydrogens is 444 g/mol. The van der Waals surface area contributed by atoms with E-state index < -0.39 is 16.9 Å². The van der Waals surface area contributed by atoms with Crippen LogP contribution in [0.3, 0.4) is 0 Å². The molecule has 1 aromatic carbocycles. The number of alkyl halides is 1. The van der Waals surface area contributed by atoms with Gasteiger partial charge in [0.2, 0.25) is 0 Å². The van der Waals surface area contributed by atoms with Crippen molar-refractivity contribution in [2.24, 2.45) is 0 Å². The third kappa shape index (κ3) is 5.57. The number of carbonyl (C=O) groups excluding carboxylic acids is 1. The van der Waals surface area contributed by atoms with Crippen LogP contribution in [-0.2, 0) is 5.15 Å². The molecule has 2 unspecified atom stereocenters. The van der Waals surface area contributed by atoms with Crippen molar-refractivity contribution >= 4 is 24.4 Å². The highest BCUT2D eigenvalue weighted by atomic mass is 31.1. The molecule has 12 heteroatoms. The summed E-state index contributed by atoms with van der Waals surface area (Å²) in [6, 6.07) is 3.54. The summed E-state index contributed by atoms with van der Waals surface area (Å²) in [5.74, 6) is -0.935. The van der Waals surface area contributed by atoms with Crippen molar-refractivity contribution in [3.8, 4) is 11.7 Å². The van der Waals surface area contributed by atoms with Crippen LogP contribution in [0.2, 0.25) is 0 Å². The number of carbonyl (C=O) groups is 1. The maximum atomic E-state index is 13.9. The zero-order valence-corrected chi connectivity index (χ0v) is 19.3. The van der Waals surface area contributed by atoms with Gasteiger partial charge in [0.1, 0.15) is 12.4 Å². The molecule has 2 heterocycles. The van der Waals surface area contributed by atoms with Crippen molar-refractivity contribution in [1.29, 1.82) is 0 Å². The number of halogens is 2. The number of nitrogens with zero attached hydrogens (tertiary/aromatic N) is 6. The smallest absolute Gasteiger partial charge is 0.316 e. The van der Waals surface area contributed by atoms with Crippen LogP contribution in [-0.4, -0.2) is 55.0 Å². The van der Waals surface area contributed by atoms with Crippen LogP contribution in [0.1, 0.15) is 29.8 Å². The first kappa shape index (κ1) is 23.1. The predicted octanol–water partition coefficient (Wildman–Crippen LogP) is 2.96. The molecule has 0 aliphatic rings.